The van der Waals surface area contributed by atoms with Gasteiger partial charge in [0.25, 0.3) is 0 Å². The van der Waals surface area contributed by atoms with Gasteiger partial charge in [-0.15, -0.1) is 0 Å². The molecule has 4 rings (SSSR count). The first-order valence-electron chi connectivity index (χ1n) is 22.7. The summed E-state index contributed by atoms with van der Waals surface area (Å²) < 4.78 is 0. The highest BCUT2D eigenvalue weighted by Crippen LogP contribution is 2.20. The molecular weight excluding hydrogens is 885 g/mol. The summed E-state index contributed by atoms with van der Waals surface area (Å²) in [4.78, 5) is 92.8. The molecule has 4 aromatic rings. The van der Waals surface area contributed by atoms with Crippen LogP contribution in [-0.4, -0.2) is 115 Å². The molecule has 0 radical (unpaired) electrons. The first kappa shape index (κ1) is 55.0. The first-order valence-corrected chi connectivity index (χ1v) is 22.7. The lowest BCUT2D eigenvalue weighted by Crippen LogP contribution is -2.67. The van der Waals surface area contributed by atoms with Gasteiger partial charge in [-0.1, -0.05) is 97.1 Å². The average molecular weight is 953 g/mol. The Kier molecular flexibility index (Phi) is 18.1. The van der Waals surface area contributed by atoms with Gasteiger partial charge in [-0.3, -0.25) is 44.2 Å². The fourth-order valence-electron chi connectivity index (χ4n) is 7.00. The van der Waals surface area contributed by atoms with Crippen molar-refractivity contribution in [2.75, 3.05) is 0 Å². The Bertz CT molecular complexity index is 2490. The zero-order valence-electron chi connectivity index (χ0n) is 40.9. The number of aliphatic hydroxyl groups excluding tert-OH is 2. The minimum absolute atomic E-state index is 0.0601. The predicted octanol–water partition coefficient (Wildman–Crippen LogP) is 1.92. The lowest BCUT2D eigenvalue weighted by molar-refractivity contribution is -0.142. The lowest BCUT2D eigenvalue weighted by Gasteiger charge is -2.37. The molecule has 0 spiro atoms. The molecule has 0 aromatic heterocycles. The van der Waals surface area contributed by atoms with Gasteiger partial charge in [-0.25, -0.2) is 0 Å². The number of amides is 5. The maximum atomic E-state index is 14.3. The molecule has 18 nitrogen and oxygen atoms in total. The zero-order valence-corrected chi connectivity index (χ0v) is 40.9. The summed E-state index contributed by atoms with van der Waals surface area (Å²) in [5.41, 5.74) is 2.00. The molecule has 0 saturated heterocycles. The molecule has 4 aromatic carbocycles. The summed E-state index contributed by atoms with van der Waals surface area (Å²) in [6, 6.07) is 23.8. The second kappa shape index (κ2) is 22.7. The molecule has 69 heavy (non-hydrogen) atoms. The Hall–Kier alpha value is -6.57. The fourth-order valence-corrected chi connectivity index (χ4v) is 7.00. The van der Waals surface area contributed by atoms with Crippen molar-refractivity contribution in [3.05, 3.63) is 119 Å². The van der Waals surface area contributed by atoms with Crippen LogP contribution in [0.2, 0.25) is 0 Å². The molecule has 6 atom stereocenters. The molecule has 0 saturated carbocycles. The monoisotopic (exact) mass is 953 g/mol. The summed E-state index contributed by atoms with van der Waals surface area (Å²) in [6.45, 7) is 14.5. The van der Waals surface area contributed by atoms with E-state index in [1.165, 1.54) is 69.2 Å². The topological polar surface area (TPSA) is 290 Å². The predicted molar refractivity (Wildman–Crippen MR) is 261 cm³/mol. The van der Waals surface area contributed by atoms with Crippen molar-refractivity contribution in [1.29, 1.82) is 0 Å². The summed E-state index contributed by atoms with van der Waals surface area (Å²) >= 11 is 0. The van der Waals surface area contributed by atoms with Gasteiger partial charge in [0.1, 0.15) is 30.1 Å². The first-order chi connectivity index (χ1) is 32.0. The van der Waals surface area contributed by atoms with Gasteiger partial charge < -0.3 is 47.6 Å². The molecule has 5 amide bonds. The smallest absolute Gasteiger partial charge is 0.325 e. The van der Waals surface area contributed by atoms with Crippen LogP contribution in [0.1, 0.15) is 96.3 Å². The number of carbonyl (C=O) groups is 7. The quantitative estimate of drug-likeness (QED) is 0.0375. The Morgan fingerprint density at radius 2 is 1.06 bits per heavy atom. The van der Waals surface area contributed by atoms with E-state index < -0.39 is 94.3 Å². The largest absolute Gasteiger partial charge is 0.480 e. The van der Waals surface area contributed by atoms with E-state index in [9.17, 15) is 48.9 Å². The molecule has 18 heteroatoms. The van der Waals surface area contributed by atoms with Gasteiger partial charge in [-0.2, -0.15) is 0 Å². The van der Waals surface area contributed by atoms with E-state index in [4.69, 9.17) is 5.73 Å². The van der Waals surface area contributed by atoms with Crippen LogP contribution in [0.25, 0.3) is 10.8 Å². The van der Waals surface area contributed by atoms with Crippen LogP contribution in [0.5, 0.6) is 0 Å². The van der Waals surface area contributed by atoms with Crippen LogP contribution < -0.4 is 43.0 Å². The van der Waals surface area contributed by atoms with Gasteiger partial charge in [0.2, 0.25) is 29.5 Å². The Labute approximate surface area is 403 Å². The van der Waals surface area contributed by atoms with Crippen LogP contribution in [0.4, 0.5) is 0 Å². The van der Waals surface area contributed by atoms with E-state index in [-0.39, 0.29) is 18.6 Å². The second-order valence-electron chi connectivity index (χ2n) is 19.6. The summed E-state index contributed by atoms with van der Waals surface area (Å²) in [6.07, 6.45) is -3.09. The van der Waals surface area contributed by atoms with Crippen molar-refractivity contribution < 1.29 is 48.9 Å². The number of hydrogen-bond acceptors (Lipinski definition) is 12. The molecule has 0 heterocycles. The highest BCUT2D eigenvalue weighted by Gasteiger charge is 2.40. The van der Waals surface area contributed by atoms with E-state index in [2.05, 4.69) is 37.2 Å². The third-order valence-corrected chi connectivity index (χ3v) is 11.6. The van der Waals surface area contributed by atoms with Gasteiger partial charge in [0.05, 0.1) is 28.7 Å². The SMILES string of the molecule is CC(NC(=O)C(C)(C)NC(=O)C(Cc1ccc(C(=O)c2ccccc2)cc1)NC(=O)C(C)(C)N[C@@H](O)C(Cc1ccc2ccccc2c1)NC(=O)C(C)(C)N[C@@H](O)C(C)NC(=O)C(C)(C)N)C(=O)O. The number of aliphatic carboxylic acids is 1. The molecule has 0 aliphatic rings. The lowest BCUT2D eigenvalue weighted by atomic mass is 9.95. The normalized spacial score (nSPS) is 14.8. The van der Waals surface area contributed by atoms with Crippen LogP contribution in [0.3, 0.4) is 0 Å². The van der Waals surface area contributed by atoms with Crippen LogP contribution in [-0.2, 0) is 41.6 Å². The number of nitrogens with one attached hydrogen (secondary N) is 7. The fraction of sp³-hybridized carbons (Fsp3) is 0.431. The van der Waals surface area contributed by atoms with Gasteiger partial charge >= 0.3 is 5.97 Å². The van der Waals surface area contributed by atoms with Crippen molar-refractivity contribution in [2.45, 2.75) is 141 Å². The average Bonchev–Trinajstić information content (AvgIpc) is 3.27. The molecule has 12 N–H and O–H groups in total. The molecule has 0 bridgehead atoms. The van der Waals surface area contributed by atoms with Crippen molar-refractivity contribution in [3.8, 4) is 0 Å². The molecule has 0 aliphatic heterocycles. The Balaban J connectivity index is 1.61. The van der Waals surface area contributed by atoms with Crippen LogP contribution >= 0.6 is 0 Å². The Morgan fingerprint density at radius 3 is 1.64 bits per heavy atom. The zero-order chi connectivity index (χ0) is 51.6. The third kappa shape index (κ3) is 15.5. The van der Waals surface area contributed by atoms with E-state index >= 15 is 0 Å². The van der Waals surface area contributed by atoms with Crippen LogP contribution in [0, 0.1) is 0 Å². The number of fused-ring (bicyclic) bond motifs is 1. The number of ketones is 1. The molecule has 372 valence electrons. The minimum atomic E-state index is -1.66. The van der Waals surface area contributed by atoms with Crippen molar-refractivity contribution >= 4 is 52.1 Å². The summed E-state index contributed by atoms with van der Waals surface area (Å²) in [5.74, 6) is -5.04. The maximum Gasteiger partial charge on any atom is 0.325 e. The Morgan fingerprint density at radius 1 is 0.551 bits per heavy atom. The number of benzene rings is 4. The van der Waals surface area contributed by atoms with Crippen molar-refractivity contribution in [1.82, 2.24) is 37.2 Å². The summed E-state index contributed by atoms with van der Waals surface area (Å²) in [5, 5.41) is 53.1. The van der Waals surface area contributed by atoms with E-state index in [1.54, 1.807) is 54.6 Å². The minimum Gasteiger partial charge on any atom is -0.480 e. The van der Waals surface area contributed by atoms with Gasteiger partial charge in [0.15, 0.2) is 5.78 Å². The summed E-state index contributed by atoms with van der Waals surface area (Å²) in [7, 11) is 0. The van der Waals surface area contributed by atoms with Gasteiger partial charge in [-0.05, 0) is 97.6 Å². The molecule has 0 fully saturated rings. The molecular formula is C51H68N8O10. The highest BCUT2D eigenvalue weighted by molar-refractivity contribution is 6.09. The van der Waals surface area contributed by atoms with Crippen LogP contribution in [0.15, 0.2) is 97.1 Å². The van der Waals surface area contributed by atoms with E-state index in [0.717, 1.165) is 16.3 Å². The second-order valence-corrected chi connectivity index (χ2v) is 19.6. The number of carboxylic acid groups (broad SMARTS) is 1. The third-order valence-electron chi connectivity index (χ3n) is 11.6. The molecule has 0 aliphatic carbocycles. The standard InChI is InChI=1S/C51H68N8O10/c1-29(53-44(66)48(3,4)52)40(61)57-50(7,8)46(68)56-38(28-32-22-23-33-16-14-15-19-36(33)26-32)42(63)59-51(9,10)47(69)55-37(41(62)58-49(5,6)45(67)54-30(2)43(64)65)27-31-20-24-35(25-21-31)39(60)34-17-12-11-13-18-34/h11-26,29-30,37-38,40,42,57,59,61,63H,27-28,52H2,1-10H3,(H,53,66)(H,54,67)(H,55,69)(H,56,68)(H,58,62)(H,64,65)/t29?,30?,37?,38?,40-,42-/m0/s1. The number of rotatable bonds is 23. The number of carboxylic acids is 1. The van der Waals surface area contributed by atoms with E-state index in [0.29, 0.717) is 16.7 Å². The van der Waals surface area contributed by atoms with Crippen molar-refractivity contribution in [2.24, 2.45) is 5.73 Å². The number of carbonyl (C=O) groups excluding carboxylic acids is 6. The van der Waals surface area contributed by atoms with Crippen molar-refractivity contribution in [3.63, 3.8) is 0 Å². The van der Waals surface area contributed by atoms with E-state index in [1.807, 2.05) is 42.5 Å². The van der Waals surface area contributed by atoms with Gasteiger partial charge in [0, 0.05) is 17.5 Å². The maximum absolute atomic E-state index is 14.3. The number of nitrogens with two attached hydrogens (primary N) is 1. The molecule has 4 unspecified atom stereocenters. The highest BCUT2D eigenvalue weighted by atomic mass is 16.4. The number of hydrogen-bond donors (Lipinski definition) is 11. The number of aliphatic hydroxyl groups is 2.